The van der Waals surface area contributed by atoms with Gasteiger partial charge in [0.05, 0.1) is 11.5 Å². The van der Waals surface area contributed by atoms with Crippen molar-refractivity contribution < 1.29 is 31.5 Å². The summed E-state index contributed by atoms with van der Waals surface area (Å²) >= 11 is 0. The molecule has 28 heavy (non-hydrogen) atoms. The average Bonchev–Trinajstić information content (AvgIpc) is 3.06. The number of benzene rings is 1. The number of carboxylic acids is 1. The molecule has 1 unspecified atom stereocenters. The van der Waals surface area contributed by atoms with Crippen LogP contribution in [0, 0.1) is 5.92 Å². The number of aromatic nitrogens is 1. The van der Waals surface area contributed by atoms with Gasteiger partial charge in [0.1, 0.15) is 0 Å². The maximum absolute atomic E-state index is 12.8. The number of rotatable bonds is 4. The van der Waals surface area contributed by atoms with Crippen molar-refractivity contribution in [2.24, 2.45) is 5.92 Å². The molecule has 5 nitrogen and oxygen atoms in total. The van der Waals surface area contributed by atoms with Gasteiger partial charge in [-0.2, -0.15) is 13.2 Å². The van der Waals surface area contributed by atoms with E-state index in [4.69, 9.17) is 0 Å². The zero-order valence-corrected chi connectivity index (χ0v) is 15.3. The van der Waals surface area contributed by atoms with Crippen molar-refractivity contribution in [1.29, 1.82) is 0 Å². The number of carboxylic acid groups (broad SMARTS) is 1. The van der Waals surface area contributed by atoms with Crippen LogP contribution in [-0.2, 0) is 20.8 Å². The van der Waals surface area contributed by atoms with Crippen molar-refractivity contribution in [3.8, 4) is 0 Å². The standard InChI is InChI=1S/C19H14F3NO4S/c1-28(26,27)17-7-4-12(10-23-17)16-9-13(18(24)25)8-15(16)11-2-5-14(6-3-11)19(20,21)22/h2-10,13H,1H3,(H,24,25). The molecule has 0 amide bonds. The van der Waals surface area contributed by atoms with Crippen molar-refractivity contribution in [2.45, 2.75) is 11.2 Å². The van der Waals surface area contributed by atoms with Crippen molar-refractivity contribution >= 4 is 27.0 Å². The van der Waals surface area contributed by atoms with Crippen LogP contribution in [0.4, 0.5) is 13.2 Å². The van der Waals surface area contributed by atoms with Crippen molar-refractivity contribution in [1.82, 2.24) is 4.98 Å². The van der Waals surface area contributed by atoms with Crippen LogP contribution in [0.5, 0.6) is 0 Å². The largest absolute Gasteiger partial charge is 0.481 e. The van der Waals surface area contributed by atoms with Crippen LogP contribution >= 0.6 is 0 Å². The number of hydrogen-bond donors (Lipinski definition) is 1. The number of allylic oxidation sites excluding steroid dienone is 2. The molecule has 146 valence electrons. The zero-order valence-electron chi connectivity index (χ0n) is 14.4. The minimum absolute atomic E-state index is 0.135. The second-order valence-electron chi connectivity index (χ2n) is 6.26. The van der Waals surface area contributed by atoms with E-state index in [-0.39, 0.29) is 5.03 Å². The summed E-state index contributed by atoms with van der Waals surface area (Å²) in [6, 6.07) is 7.16. The topological polar surface area (TPSA) is 84.3 Å². The summed E-state index contributed by atoms with van der Waals surface area (Å²) in [6.45, 7) is 0. The Bertz CT molecular complexity index is 1080. The first-order valence-electron chi connectivity index (χ1n) is 7.98. The minimum Gasteiger partial charge on any atom is -0.481 e. The fraction of sp³-hybridized carbons (Fsp3) is 0.158. The maximum atomic E-state index is 12.8. The van der Waals surface area contributed by atoms with Gasteiger partial charge in [-0.25, -0.2) is 13.4 Å². The van der Waals surface area contributed by atoms with Gasteiger partial charge in [0.15, 0.2) is 14.9 Å². The molecule has 3 rings (SSSR count). The summed E-state index contributed by atoms with van der Waals surface area (Å²) < 4.78 is 61.4. The van der Waals surface area contributed by atoms with E-state index in [0.717, 1.165) is 18.4 Å². The summed E-state index contributed by atoms with van der Waals surface area (Å²) in [4.78, 5) is 15.3. The quantitative estimate of drug-likeness (QED) is 0.833. The molecule has 1 aromatic carbocycles. The molecule has 1 atom stereocenters. The third-order valence-corrected chi connectivity index (χ3v) is 5.22. The van der Waals surface area contributed by atoms with Crippen LogP contribution in [0.3, 0.4) is 0 Å². The second-order valence-corrected chi connectivity index (χ2v) is 8.22. The second kappa shape index (κ2) is 6.90. The molecule has 1 heterocycles. The molecule has 2 aromatic rings. The van der Waals surface area contributed by atoms with Gasteiger partial charge in [-0.15, -0.1) is 0 Å². The summed E-state index contributed by atoms with van der Waals surface area (Å²) in [5.41, 5.74) is 0.960. The van der Waals surface area contributed by atoms with Crippen LogP contribution < -0.4 is 0 Å². The molecule has 0 saturated carbocycles. The SMILES string of the molecule is CS(=O)(=O)c1ccc(C2=CC(C(=O)O)C=C2c2ccc(C(F)(F)F)cc2)cn1. The predicted octanol–water partition coefficient (Wildman–Crippen LogP) is 3.69. The summed E-state index contributed by atoms with van der Waals surface area (Å²) in [7, 11) is -3.50. The number of nitrogens with zero attached hydrogens (tertiary/aromatic N) is 1. The molecule has 0 fully saturated rings. The molecule has 1 aliphatic rings. The van der Waals surface area contributed by atoms with Gasteiger partial charge >= 0.3 is 12.1 Å². The highest BCUT2D eigenvalue weighted by molar-refractivity contribution is 7.90. The highest BCUT2D eigenvalue weighted by Crippen LogP contribution is 2.39. The van der Waals surface area contributed by atoms with Crippen LogP contribution in [-0.4, -0.2) is 30.7 Å². The van der Waals surface area contributed by atoms with E-state index in [9.17, 15) is 31.5 Å². The van der Waals surface area contributed by atoms with E-state index >= 15 is 0 Å². The number of hydrogen-bond acceptors (Lipinski definition) is 4. The van der Waals surface area contributed by atoms with Crippen LogP contribution in [0.2, 0.25) is 0 Å². The Kier molecular flexibility index (Phi) is 4.88. The number of sulfone groups is 1. The van der Waals surface area contributed by atoms with E-state index in [1.807, 2.05) is 0 Å². The summed E-state index contributed by atoms with van der Waals surface area (Å²) in [5.74, 6) is -2.07. The number of alkyl halides is 3. The van der Waals surface area contributed by atoms with Gasteiger partial charge in [-0.05, 0) is 41.0 Å². The van der Waals surface area contributed by atoms with E-state index in [1.54, 1.807) is 0 Å². The molecule has 0 saturated heterocycles. The molecule has 1 aliphatic carbocycles. The highest BCUT2D eigenvalue weighted by Gasteiger charge is 2.31. The van der Waals surface area contributed by atoms with E-state index in [1.165, 1.54) is 42.6 Å². The van der Waals surface area contributed by atoms with Crippen LogP contribution in [0.15, 0.2) is 59.8 Å². The van der Waals surface area contributed by atoms with E-state index in [0.29, 0.717) is 22.3 Å². The molecular formula is C19H14F3NO4S. The van der Waals surface area contributed by atoms with Gasteiger partial charge in [0.25, 0.3) is 0 Å². The van der Waals surface area contributed by atoms with Gasteiger partial charge in [-0.3, -0.25) is 4.79 Å². The van der Waals surface area contributed by atoms with Crippen molar-refractivity contribution in [2.75, 3.05) is 6.26 Å². The van der Waals surface area contributed by atoms with E-state index in [2.05, 4.69) is 4.98 Å². The van der Waals surface area contributed by atoms with Crippen LogP contribution in [0.25, 0.3) is 11.1 Å². The first kappa shape index (κ1) is 19.8. The minimum atomic E-state index is -4.48. The first-order chi connectivity index (χ1) is 13.0. The Hall–Kier alpha value is -2.94. The van der Waals surface area contributed by atoms with Gasteiger partial charge < -0.3 is 5.11 Å². The van der Waals surface area contributed by atoms with Crippen molar-refractivity contribution in [3.05, 3.63) is 71.4 Å². The molecule has 1 N–H and O–H groups in total. The molecule has 0 radical (unpaired) electrons. The van der Waals surface area contributed by atoms with Gasteiger partial charge in [0.2, 0.25) is 0 Å². The summed E-state index contributed by atoms with van der Waals surface area (Å²) in [6.07, 6.45) is 0.718. The third kappa shape index (κ3) is 3.99. The Labute approximate surface area is 158 Å². The molecule has 0 bridgehead atoms. The Morgan fingerprint density at radius 3 is 1.96 bits per heavy atom. The van der Waals surface area contributed by atoms with Crippen molar-refractivity contribution in [3.63, 3.8) is 0 Å². The lowest BCUT2D eigenvalue weighted by molar-refractivity contribution is -0.139. The molecular weight excluding hydrogens is 395 g/mol. The Balaban J connectivity index is 2.03. The lowest BCUT2D eigenvalue weighted by Crippen LogP contribution is -2.05. The fourth-order valence-electron chi connectivity index (χ4n) is 2.83. The first-order valence-corrected chi connectivity index (χ1v) is 9.87. The lowest BCUT2D eigenvalue weighted by atomic mass is 9.95. The number of pyridine rings is 1. The Morgan fingerprint density at radius 2 is 1.54 bits per heavy atom. The average molecular weight is 409 g/mol. The molecule has 0 spiro atoms. The summed E-state index contributed by atoms with van der Waals surface area (Å²) in [5, 5.41) is 9.18. The van der Waals surface area contributed by atoms with E-state index < -0.39 is 33.5 Å². The fourth-order valence-corrected chi connectivity index (χ4v) is 3.39. The van der Waals surface area contributed by atoms with Gasteiger partial charge in [-0.1, -0.05) is 24.3 Å². The highest BCUT2D eigenvalue weighted by atomic mass is 32.2. The number of halogens is 3. The molecule has 9 heteroatoms. The van der Waals surface area contributed by atoms with Crippen LogP contribution in [0.1, 0.15) is 16.7 Å². The van der Waals surface area contributed by atoms with Gasteiger partial charge in [0, 0.05) is 18.0 Å². The molecule has 1 aromatic heterocycles. The number of carbonyl (C=O) groups is 1. The smallest absolute Gasteiger partial charge is 0.416 e. The maximum Gasteiger partial charge on any atom is 0.416 e. The monoisotopic (exact) mass is 409 g/mol. The lowest BCUT2D eigenvalue weighted by Gasteiger charge is -2.12. The Morgan fingerprint density at radius 1 is 1.00 bits per heavy atom. The zero-order chi connectivity index (χ0) is 20.7. The normalized spacial score (nSPS) is 17.2. The molecule has 0 aliphatic heterocycles. The number of aliphatic carboxylic acids is 1. The third-order valence-electron chi connectivity index (χ3n) is 4.22. The predicted molar refractivity (Wildman–Crippen MR) is 95.9 cm³/mol.